The molecule has 0 aliphatic rings. The molecule has 0 aliphatic heterocycles. The summed E-state index contributed by atoms with van der Waals surface area (Å²) >= 11 is 0. The molecule has 0 saturated carbocycles. The van der Waals surface area contributed by atoms with Crippen molar-refractivity contribution in [3.05, 3.63) is 42.0 Å². The van der Waals surface area contributed by atoms with E-state index in [1.807, 2.05) is 0 Å². The zero-order valence-electron chi connectivity index (χ0n) is 13.4. The van der Waals surface area contributed by atoms with Crippen molar-refractivity contribution in [1.82, 2.24) is 10.2 Å². The maximum atomic E-state index is 12.9. The van der Waals surface area contributed by atoms with Crippen molar-refractivity contribution in [1.29, 1.82) is 0 Å². The number of aromatic nitrogens is 2. The fourth-order valence-corrected chi connectivity index (χ4v) is 1.75. The van der Waals surface area contributed by atoms with Crippen molar-refractivity contribution in [3.8, 4) is 0 Å². The highest BCUT2D eigenvalue weighted by atomic mass is 19.4. The maximum Gasteiger partial charge on any atom is 0.418 e. The van der Waals surface area contributed by atoms with Crippen LogP contribution in [0, 0.1) is 5.41 Å². The zero-order chi connectivity index (χ0) is 18.0. The van der Waals surface area contributed by atoms with E-state index in [0.29, 0.717) is 0 Å². The van der Waals surface area contributed by atoms with Gasteiger partial charge < -0.3 is 10.6 Å². The lowest BCUT2D eigenvalue weighted by Crippen LogP contribution is -2.28. The summed E-state index contributed by atoms with van der Waals surface area (Å²) in [6.45, 7) is 5.25. The lowest BCUT2D eigenvalue weighted by atomic mass is 9.96. The van der Waals surface area contributed by atoms with E-state index in [9.17, 15) is 18.0 Å². The van der Waals surface area contributed by atoms with Gasteiger partial charge in [-0.1, -0.05) is 32.9 Å². The minimum atomic E-state index is -4.47. The minimum Gasteiger partial charge on any atom is -0.338 e. The quantitative estimate of drug-likeness (QED) is 0.879. The average molecular weight is 338 g/mol. The number of nitrogens with one attached hydrogen (secondary N) is 2. The fourth-order valence-electron chi connectivity index (χ4n) is 1.75. The van der Waals surface area contributed by atoms with Crippen molar-refractivity contribution < 1.29 is 18.0 Å². The van der Waals surface area contributed by atoms with Gasteiger partial charge in [0.15, 0.2) is 11.6 Å². The van der Waals surface area contributed by atoms with Crippen LogP contribution < -0.4 is 10.6 Å². The van der Waals surface area contributed by atoms with Gasteiger partial charge in [-0.2, -0.15) is 13.2 Å². The lowest BCUT2D eigenvalue weighted by Gasteiger charge is -2.17. The molecule has 0 radical (unpaired) electrons. The molecule has 2 N–H and O–H groups in total. The highest BCUT2D eigenvalue weighted by molar-refractivity contribution is 5.93. The summed E-state index contributed by atoms with van der Waals surface area (Å²) in [6, 6.07) is 7.99. The third-order valence-electron chi connectivity index (χ3n) is 3.08. The second-order valence-electron chi connectivity index (χ2n) is 6.18. The number of halogens is 3. The number of hydrogen-bond donors (Lipinski definition) is 2. The molecule has 2 aromatic rings. The van der Waals surface area contributed by atoms with Crippen molar-refractivity contribution in [2.45, 2.75) is 26.9 Å². The largest absolute Gasteiger partial charge is 0.418 e. The molecule has 0 fully saturated rings. The number of carbonyl (C=O) groups is 1. The number of para-hydroxylation sites is 1. The summed E-state index contributed by atoms with van der Waals surface area (Å²) in [6.07, 6.45) is -4.47. The predicted molar refractivity (Wildman–Crippen MR) is 84.8 cm³/mol. The zero-order valence-corrected chi connectivity index (χ0v) is 13.4. The first-order chi connectivity index (χ1) is 11.1. The second kappa shape index (κ2) is 6.46. The molecule has 0 unspecified atom stereocenters. The third-order valence-corrected chi connectivity index (χ3v) is 3.08. The average Bonchev–Trinajstić information content (AvgIpc) is 2.48. The number of rotatable bonds is 3. The van der Waals surface area contributed by atoms with Gasteiger partial charge in [0.2, 0.25) is 5.91 Å². The van der Waals surface area contributed by atoms with E-state index in [0.717, 1.165) is 6.07 Å². The fraction of sp³-hybridized carbons (Fsp3) is 0.312. The summed E-state index contributed by atoms with van der Waals surface area (Å²) in [5.74, 6) is 0.130. The number of nitrogens with zero attached hydrogens (tertiary/aromatic N) is 2. The lowest BCUT2D eigenvalue weighted by molar-refractivity contribution is -0.137. The molecule has 2 rings (SSSR count). The van der Waals surface area contributed by atoms with E-state index in [-0.39, 0.29) is 23.2 Å². The molecule has 5 nitrogen and oxygen atoms in total. The van der Waals surface area contributed by atoms with Crippen LogP contribution in [0.25, 0.3) is 0 Å². The van der Waals surface area contributed by atoms with Crippen LogP contribution in [0.1, 0.15) is 26.3 Å². The molecule has 0 saturated heterocycles. The van der Waals surface area contributed by atoms with E-state index in [1.165, 1.54) is 30.3 Å². The Balaban J connectivity index is 2.15. The topological polar surface area (TPSA) is 66.9 Å². The summed E-state index contributed by atoms with van der Waals surface area (Å²) < 4.78 is 38.8. The second-order valence-corrected chi connectivity index (χ2v) is 6.18. The summed E-state index contributed by atoms with van der Waals surface area (Å²) in [5, 5.41) is 12.8. The number of anilines is 3. The third kappa shape index (κ3) is 4.43. The van der Waals surface area contributed by atoms with Crippen LogP contribution in [-0.4, -0.2) is 16.1 Å². The van der Waals surface area contributed by atoms with Crippen molar-refractivity contribution in [2.75, 3.05) is 10.6 Å². The van der Waals surface area contributed by atoms with Crippen molar-refractivity contribution in [3.63, 3.8) is 0 Å². The Morgan fingerprint density at radius 3 is 2.08 bits per heavy atom. The Labute approximate surface area is 137 Å². The molecule has 1 heterocycles. The van der Waals surface area contributed by atoms with Crippen molar-refractivity contribution in [2.24, 2.45) is 5.41 Å². The molecular formula is C16H17F3N4O. The van der Waals surface area contributed by atoms with Gasteiger partial charge >= 0.3 is 6.18 Å². The number of hydrogen-bond acceptors (Lipinski definition) is 4. The normalized spacial score (nSPS) is 11.9. The summed E-state index contributed by atoms with van der Waals surface area (Å²) in [7, 11) is 0. The van der Waals surface area contributed by atoms with Gasteiger partial charge in [0.1, 0.15) is 0 Å². The molecule has 128 valence electrons. The number of alkyl halides is 3. The first-order valence-corrected chi connectivity index (χ1v) is 7.16. The SMILES string of the molecule is CC(C)(C)C(=O)Nc1ccc(Nc2ccccc2C(F)(F)F)nn1. The molecule has 0 atom stereocenters. The Hall–Kier alpha value is -2.64. The molecular weight excluding hydrogens is 321 g/mol. The van der Waals surface area contributed by atoms with Gasteiger partial charge in [0.25, 0.3) is 0 Å². The molecule has 1 amide bonds. The van der Waals surface area contributed by atoms with E-state index in [1.54, 1.807) is 20.8 Å². The van der Waals surface area contributed by atoms with Crippen LogP contribution >= 0.6 is 0 Å². The van der Waals surface area contributed by atoms with E-state index >= 15 is 0 Å². The van der Waals surface area contributed by atoms with Crippen LogP contribution in [0.4, 0.5) is 30.5 Å². The van der Waals surface area contributed by atoms with E-state index in [2.05, 4.69) is 20.8 Å². The van der Waals surface area contributed by atoms with Crippen LogP contribution in [-0.2, 0) is 11.0 Å². The van der Waals surface area contributed by atoms with Crippen LogP contribution in [0.5, 0.6) is 0 Å². The molecule has 1 aromatic heterocycles. The molecule has 24 heavy (non-hydrogen) atoms. The Morgan fingerprint density at radius 1 is 0.958 bits per heavy atom. The minimum absolute atomic E-state index is 0.120. The molecule has 0 bridgehead atoms. The monoisotopic (exact) mass is 338 g/mol. The van der Waals surface area contributed by atoms with Crippen LogP contribution in [0.3, 0.4) is 0 Å². The van der Waals surface area contributed by atoms with E-state index < -0.39 is 17.2 Å². The van der Waals surface area contributed by atoms with Gasteiger partial charge in [0, 0.05) is 5.41 Å². The Morgan fingerprint density at radius 2 is 1.54 bits per heavy atom. The van der Waals surface area contributed by atoms with E-state index in [4.69, 9.17) is 0 Å². The van der Waals surface area contributed by atoms with Crippen molar-refractivity contribution >= 4 is 23.2 Å². The van der Waals surface area contributed by atoms with Gasteiger partial charge in [-0.3, -0.25) is 4.79 Å². The molecule has 8 heteroatoms. The van der Waals surface area contributed by atoms with Gasteiger partial charge in [-0.05, 0) is 24.3 Å². The summed E-state index contributed by atoms with van der Waals surface area (Å²) in [4.78, 5) is 11.8. The first kappa shape index (κ1) is 17.7. The Bertz CT molecular complexity index is 721. The van der Waals surface area contributed by atoms with Crippen LogP contribution in [0.15, 0.2) is 36.4 Å². The maximum absolute atomic E-state index is 12.9. The highest BCUT2D eigenvalue weighted by Gasteiger charge is 2.33. The highest BCUT2D eigenvalue weighted by Crippen LogP contribution is 2.35. The van der Waals surface area contributed by atoms with Gasteiger partial charge in [-0.25, -0.2) is 0 Å². The standard InChI is InChI=1S/C16H17F3N4O/c1-15(2,3)14(24)21-13-9-8-12(22-23-13)20-11-7-5-4-6-10(11)16(17,18)19/h4-9H,1-3H3,(H,20,22)(H,21,23,24). The smallest absolute Gasteiger partial charge is 0.338 e. The molecule has 1 aromatic carbocycles. The Kier molecular flexibility index (Phi) is 4.77. The van der Waals surface area contributed by atoms with Crippen LogP contribution in [0.2, 0.25) is 0 Å². The number of benzene rings is 1. The first-order valence-electron chi connectivity index (χ1n) is 7.16. The number of carbonyl (C=O) groups excluding carboxylic acids is 1. The van der Waals surface area contributed by atoms with Gasteiger partial charge in [-0.15, -0.1) is 10.2 Å². The number of amides is 1. The van der Waals surface area contributed by atoms with Gasteiger partial charge in [0.05, 0.1) is 11.3 Å². The predicted octanol–water partition coefficient (Wildman–Crippen LogP) is 4.22. The molecule has 0 aliphatic carbocycles. The molecule has 0 spiro atoms. The summed E-state index contributed by atoms with van der Waals surface area (Å²) in [5.41, 5.74) is -1.51.